The minimum absolute atomic E-state index is 0.354. The van der Waals surface area contributed by atoms with E-state index in [1.807, 2.05) is 14.0 Å². The monoisotopic (exact) mass is 292 g/mol. The van der Waals surface area contributed by atoms with E-state index in [0.29, 0.717) is 24.6 Å². The average molecular weight is 292 g/mol. The van der Waals surface area contributed by atoms with Crippen LogP contribution in [0.5, 0.6) is 5.75 Å². The van der Waals surface area contributed by atoms with Crippen LogP contribution in [0.1, 0.15) is 51.8 Å². The molecular formula is C18H32N2O. The Kier molecular flexibility index (Phi) is 7.20. The molecule has 0 radical (unpaired) electrons. The first-order valence-corrected chi connectivity index (χ1v) is 8.03. The molecule has 0 amide bonds. The topological polar surface area (TPSA) is 24.5 Å². The van der Waals surface area contributed by atoms with Crippen LogP contribution in [0.25, 0.3) is 0 Å². The third-order valence-corrected chi connectivity index (χ3v) is 4.40. The van der Waals surface area contributed by atoms with Crippen LogP contribution in [-0.4, -0.2) is 31.6 Å². The number of hydrogen-bond donors (Lipinski definition) is 1. The summed E-state index contributed by atoms with van der Waals surface area (Å²) in [5.41, 5.74) is 2.58. The first-order chi connectivity index (χ1) is 9.90. The van der Waals surface area contributed by atoms with Crippen LogP contribution in [0.15, 0.2) is 18.2 Å². The molecule has 0 saturated carbocycles. The standard InChI is InChI=1S/C18H32N2O/c1-8-21-18-10-9-16(14(4)19-6)11-17(18)12-20(7)15(5)13(2)3/h9-11,13-15,19H,8,12H2,1-7H3. The molecule has 1 aromatic carbocycles. The molecule has 0 spiro atoms. The molecule has 1 rings (SSSR count). The predicted molar refractivity (Wildman–Crippen MR) is 90.9 cm³/mol. The molecule has 0 aliphatic carbocycles. The quantitative estimate of drug-likeness (QED) is 0.788. The number of benzene rings is 1. The third kappa shape index (κ3) is 5.01. The Morgan fingerprint density at radius 3 is 2.38 bits per heavy atom. The van der Waals surface area contributed by atoms with Gasteiger partial charge in [-0.25, -0.2) is 0 Å². The summed E-state index contributed by atoms with van der Waals surface area (Å²) in [4.78, 5) is 2.40. The highest BCUT2D eigenvalue weighted by Crippen LogP contribution is 2.26. The largest absolute Gasteiger partial charge is 0.494 e. The summed E-state index contributed by atoms with van der Waals surface area (Å²) in [6, 6.07) is 7.43. The lowest BCUT2D eigenvalue weighted by Gasteiger charge is -2.29. The van der Waals surface area contributed by atoms with E-state index in [1.54, 1.807) is 0 Å². The number of nitrogens with one attached hydrogen (secondary N) is 1. The van der Waals surface area contributed by atoms with E-state index in [1.165, 1.54) is 11.1 Å². The molecule has 0 fully saturated rings. The van der Waals surface area contributed by atoms with Gasteiger partial charge in [-0.05, 0) is 58.5 Å². The van der Waals surface area contributed by atoms with Crippen LogP contribution in [0, 0.1) is 5.92 Å². The smallest absolute Gasteiger partial charge is 0.123 e. The van der Waals surface area contributed by atoms with Crippen molar-refractivity contribution in [2.75, 3.05) is 20.7 Å². The maximum Gasteiger partial charge on any atom is 0.123 e. The van der Waals surface area contributed by atoms with Gasteiger partial charge in [0.05, 0.1) is 6.61 Å². The van der Waals surface area contributed by atoms with E-state index in [0.717, 1.165) is 12.3 Å². The molecule has 120 valence electrons. The summed E-state index contributed by atoms with van der Waals surface area (Å²) in [5, 5.41) is 3.30. The maximum atomic E-state index is 5.80. The van der Waals surface area contributed by atoms with Gasteiger partial charge >= 0.3 is 0 Å². The van der Waals surface area contributed by atoms with Crippen molar-refractivity contribution < 1.29 is 4.74 Å². The van der Waals surface area contributed by atoms with Gasteiger partial charge in [-0.1, -0.05) is 19.9 Å². The number of nitrogens with zero attached hydrogens (tertiary/aromatic N) is 1. The van der Waals surface area contributed by atoms with Crippen molar-refractivity contribution >= 4 is 0 Å². The van der Waals surface area contributed by atoms with Crippen molar-refractivity contribution in [3.8, 4) is 5.75 Å². The molecule has 3 nitrogen and oxygen atoms in total. The highest BCUT2D eigenvalue weighted by molar-refractivity contribution is 5.38. The van der Waals surface area contributed by atoms with Gasteiger partial charge in [0.25, 0.3) is 0 Å². The van der Waals surface area contributed by atoms with Crippen molar-refractivity contribution in [2.45, 2.75) is 53.2 Å². The van der Waals surface area contributed by atoms with Gasteiger partial charge in [-0.3, -0.25) is 4.90 Å². The first-order valence-electron chi connectivity index (χ1n) is 8.03. The summed E-state index contributed by atoms with van der Waals surface area (Å²) >= 11 is 0. The van der Waals surface area contributed by atoms with Crippen molar-refractivity contribution in [1.29, 1.82) is 0 Å². The van der Waals surface area contributed by atoms with E-state index in [9.17, 15) is 0 Å². The summed E-state index contributed by atoms with van der Waals surface area (Å²) in [7, 11) is 4.18. The lowest BCUT2D eigenvalue weighted by atomic mass is 10.0. The Balaban J connectivity index is 3.00. The Labute approximate surface area is 130 Å². The summed E-state index contributed by atoms with van der Waals surface area (Å²) in [6.07, 6.45) is 0. The molecule has 2 unspecified atom stereocenters. The molecular weight excluding hydrogens is 260 g/mol. The van der Waals surface area contributed by atoms with Crippen LogP contribution < -0.4 is 10.1 Å². The summed E-state index contributed by atoms with van der Waals surface area (Å²) < 4.78 is 5.80. The second-order valence-electron chi connectivity index (χ2n) is 6.21. The van der Waals surface area contributed by atoms with Crippen molar-refractivity contribution in [2.24, 2.45) is 5.92 Å². The molecule has 1 aromatic rings. The third-order valence-electron chi connectivity index (χ3n) is 4.40. The number of rotatable bonds is 8. The normalized spacial score (nSPS) is 14.5. The van der Waals surface area contributed by atoms with Crippen LogP contribution >= 0.6 is 0 Å². The van der Waals surface area contributed by atoms with Crippen LogP contribution in [-0.2, 0) is 6.54 Å². The van der Waals surface area contributed by atoms with Crippen LogP contribution in [0.4, 0.5) is 0 Å². The molecule has 0 aliphatic rings. The minimum Gasteiger partial charge on any atom is -0.494 e. The molecule has 0 saturated heterocycles. The van der Waals surface area contributed by atoms with Gasteiger partial charge in [0.15, 0.2) is 0 Å². The van der Waals surface area contributed by atoms with Gasteiger partial charge in [0.2, 0.25) is 0 Å². The molecule has 2 atom stereocenters. The second kappa shape index (κ2) is 8.40. The highest BCUT2D eigenvalue weighted by atomic mass is 16.5. The Morgan fingerprint density at radius 1 is 1.19 bits per heavy atom. The van der Waals surface area contributed by atoms with E-state index >= 15 is 0 Å². The molecule has 1 N–H and O–H groups in total. The Morgan fingerprint density at radius 2 is 1.86 bits per heavy atom. The summed E-state index contributed by atoms with van der Waals surface area (Å²) in [6.45, 7) is 12.7. The Bertz CT molecular complexity index is 431. The van der Waals surface area contributed by atoms with Crippen LogP contribution in [0.2, 0.25) is 0 Å². The molecule has 0 aromatic heterocycles. The molecule has 0 bridgehead atoms. The molecule has 3 heteroatoms. The summed E-state index contributed by atoms with van der Waals surface area (Å²) in [5.74, 6) is 1.65. The van der Waals surface area contributed by atoms with Gasteiger partial charge < -0.3 is 10.1 Å². The zero-order valence-corrected chi connectivity index (χ0v) is 14.7. The van der Waals surface area contributed by atoms with Crippen molar-refractivity contribution in [3.63, 3.8) is 0 Å². The lowest BCUT2D eigenvalue weighted by molar-refractivity contribution is 0.197. The maximum absolute atomic E-state index is 5.80. The first kappa shape index (κ1) is 18.0. The van der Waals surface area contributed by atoms with Gasteiger partial charge in [0, 0.05) is 24.2 Å². The van der Waals surface area contributed by atoms with Gasteiger partial charge in [0.1, 0.15) is 5.75 Å². The second-order valence-corrected chi connectivity index (χ2v) is 6.21. The zero-order chi connectivity index (χ0) is 16.0. The van der Waals surface area contributed by atoms with Gasteiger partial charge in [-0.15, -0.1) is 0 Å². The zero-order valence-electron chi connectivity index (χ0n) is 14.7. The number of hydrogen-bond acceptors (Lipinski definition) is 3. The number of ether oxygens (including phenoxy) is 1. The van der Waals surface area contributed by atoms with Crippen LogP contribution in [0.3, 0.4) is 0 Å². The van der Waals surface area contributed by atoms with Gasteiger partial charge in [-0.2, -0.15) is 0 Å². The van der Waals surface area contributed by atoms with E-state index in [2.05, 4.69) is 63.2 Å². The van der Waals surface area contributed by atoms with Crippen molar-refractivity contribution in [1.82, 2.24) is 10.2 Å². The molecule has 0 heterocycles. The predicted octanol–water partition coefficient (Wildman–Crippen LogP) is 3.84. The molecule has 0 aliphatic heterocycles. The van der Waals surface area contributed by atoms with E-state index in [-0.39, 0.29) is 0 Å². The Hall–Kier alpha value is -1.06. The average Bonchev–Trinajstić information content (AvgIpc) is 2.47. The lowest BCUT2D eigenvalue weighted by Crippen LogP contribution is -2.32. The fourth-order valence-electron chi connectivity index (χ4n) is 2.38. The molecule has 21 heavy (non-hydrogen) atoms. The van der Waals surface area contributed by atoms with E-state index < -0.39 is 0 Å². The minimum atomic E-state index is 0.354. The highest BCUT2D eigenvalue weighted by Gasteiger charge is 2.16. The fraction of sp³-hybridized carbons (Fsp3) is 0.667. The SMILES string of the molecule is CCOc1ccc(C(C)NC)cc1CN(C)C(C)C(C)C. The van der Waals surface area contributed by atoms with E-state index in [4.69, 9.17) is 4.74 Å². The van der Waals surface area contributed by atoms with Crippen molar-refractivity contribution in [3.05, 3.63) is 29.3 Å². The fourth-order valence-corrected chi connectivity index (χ4v) is 2.38.